The number of carbonyl (C=O) groups is 4. The maximum atomic E-state index is 12.8. The lowest BCUT2D eigenvalue weighted by atomic mass is 9.69. The van der Waals surface area contributed by atoms with Crippen LogP contribution in [0.15, 0.2) is 0 Å². The van der Waals surface area contributed by atoms with E-state index in [0.29, 0.717) is 45.8 Å². The van der Waals surface area contributed by atoms with E-state index in [1.165, 1.54) is 22.7 Å². The summed E-state index contributed by atoms with van der Waals surface area (Å²) >= 11 is 2.96. The minimum absolute atomic E-state index is 0.191. The van der Waals surface area contributed by atoms with Crippen LogP contribution in [-0.4, -0.2) is 23.6 Å². The summed E-state index contributed by atoms with van der Waals surface area (Å²) in [5.74, 6) is -0.335. The number of carbonyl (C=O) groups excluding carboxylic acids is 4. The van der Waals surface area contributed by atoms with Gasteiger partial charge in [-0.25, -0.2) is 0 Å². The molecule has 0 radical (unpaired) electrons. The average molecular weight is 643 g/mol. The van der Waals surface area contributed by atoms with Gasteiger partial charge >= 0.3 is 0 Å². The van der Waals surface area contributed by atoms with Crippen LogP contribution in [-0.2, 0) is 35.3 Å². The second kappa shape index (κ2) is 13.7. The molecule has 2 aliphatic carbocycles. The summed E-state index contributed by atoms with van der Waals surface area (Å²) in [6, 6.07) is 0. The fourth-order valence-electron chi connectivity index (χ4n) is 6.73. The standard InChI is InChI=1S/C34H50N4O4S2/c1-7-33(3,4)19-13-15-21-23(17-19)43-31(27(21)29(35)41)37-25(39)11-9-10-12-26(40)38-32-28(30(36)42)22-16-14-20(18-24(22)44-32)34(5,6)8-2/h19-20H,7-18H2,1-6H3,(H2,35,41)(H2,36,42)(H,37,39)(H,38,40)/t19-,20+. The van der Waals surface area contributed by atoms with Gasteiger partial charge < -0.3 is 22.1 Å². The zero-order chi connectivity index (χ0) is 32.4. The number of thiophene rings is 2. The highest BCUT2D eigenvalue weighted by Crippen LogP contribution is 2.47. The fraction of sp³-hybridized carbons (Fsp3) is 0.647. The molecule has 2 aliphatic rings. The molecule has 10 heteroatoms. The molecule has 6 N–H and O–H groups in total. The number of hydrogen-bond acceptors (Lipinski definition) is 6. The minimum Gasteiger partial charge on any atom is -0.365 e. The Bertz CT molecular complexity index is 1310. The monoisotopic (exact) mass is 642 g/mol. The molecule has 4 amide bonds. The first-order valence-electron chi connectivity index (χ1n) is 16.2. The summed E-state index contributed by atoms with van der Waals surface area (Å²) in [6.45, 7) is 13.6. The largest absolute Gasteiger partial charge is 0.365 e. The predicted octanol–water partition coefficient (Wildman–Crippen LogP) is 7.23. The Morgan fingerprint density at radius 2 is 1.07 bits per heavy atom. The zero-order valence-corrected chi connectivity index (χ0v) is 28.9. The van der Waals surface area contributed by atoms with Crippen molar-refractivity contribution in [2.24, 2.45) is 34.1 Å². The summed E-state index contributed by atoms with van der Waals surface area (Å²) in [5.41, 5.74) is 14.8. The van der Waals surface area contributed by atoms with E-state index in [9.17, 15) is 19.2 Å². The first kappa shape index (κ1) is 34.2. The Morgan fingerprint density at radius 1 is 0.705 bits per heavy atom. The summed E-state index contributed by atoms with van der Waals surface area (Å²) < 4.78 is 0. The van der Waals surface area contributed by atoms with E-state index in [-0.39, 0.29) is 35.5 Å². The molecule has 2 atom stereocenters. The van der Waals surface area contributed by atoms with Crippen molar-refractivity contribution in [1.82, 2.24) is 0 Å². The summed E-state index contributed by atoms with van der Waals surface area (Å²) in [6.07, 6.45) is 9.06. The molecule has 0 saturated carbocycles. The lowest BCUT2D eigenvalue weighted by molar-refractivity contribution is -0.118. The Morgan fingerprint density at radius 3 is 1.39 bits per heavy atom. The third-order valence-corrected chi connectivity index (χ3v) is 13.0. The van der Waals surface area contributed by atoms with Gasteiger partial charge in [0, 0.05) is 22.6 Å². The SMILES string of the molecule is CCC(C)(C)[C@@H]1CCc2c(sc(NC(=O)CCCCC(=O)Nc3sc4c(c3C(N)=O)CC[C@H](C(C)(C)CC)C4)c2C(N)=O)C1. The lowest BCUT2D eigenvalue weighted by Crippen LogP contribution is -2.29. The molecule has 2 aromatic rings. The maximum Gasteiger partial charge on any atom is 0.251 e. The van der Waals surface area contributed by atoms with Gasteiger partial charge in [0.25, 0.3) is 11.8 Å². The van der Waals surface area contributed by atoms with Crippen LogP contribution in [0.2, 0.25) is 0 Å². The van der Waals surface area contributed by atoms with Gasteiger partial charge in [0.15, 0.2) is 0 Å². The molecule has 0 aliphatic heterocycles. The second-order valence-electron chi connectivity index (χ2n) is 14.0. The Labute approximate surface area is 270 Å². The first-order chi connectivity index (χ1) is 20.7. The van der Waals surface area contributed by atoms with Gasteiger partial charge in [0.2, 0.25) is 11.8 Å². The first-order valence-corrected chi connectivity index (χ1v) is 17.8. The summed E-state index contributed by atoms with van der Waals surface area (Å²) in [5, 5.41) is 6.97. The van der Waals surface area contributed by atoms with Crippen LogP contribution in [0.1, 0.15) is 135 Å². The maximum absolute atomic E-state index is 12.8. The minimum atomic E-state index is -0.502. The van der Waals surface area contributed by atoms with Crippen LogP contribution >= 0.6 is 22.7 Å². The third-order valence-electron chi connectivity index (χ3n) is 10.6. The number of hydrogen-bond donors (Lipinski definition) is 4. The molecule has 0 unspecified atom stereocenters. The molecule has 0 fully saturated rings. The van der Waals surface area contributed by atoms with Crippen LogP contribution < -0.4 is 22.1 Å². The van der Waals surface area contributed by atoms with Crippen LogP contribution in [0.3, 0.4) is 0 Å². The number of anilines is 2. The number of nitrogens with one attached hydrogen (secondary N) is 2. The quantitative estimate of drug-likeness (QED) is 0.171. The molecule has 44 heavy (non-hydrogen) atoms. The van der Waals surface area contributed by atoms with E-state index in [1.807, 2.05) is 0 Å². The second-order valence-corrected chi connectivity index (χ2v) is 16.2. The van der Waals surface area contributed by atoms with Crippen molar-refractivity contribution in [3.05, 3.63) is 32.0 Å². The van der Waals surface area contributed by atoms with Gasteiger partial charge in [-0.15, -0.1) is 22.7 Å². The molecule has 0 saturated heterocycles. The smallest absolute Gasteiger partial charge is 0.251 e. The van der Waals surface area contributed by atoms with Crippen LogP contribution in [0.5, 0.6) is 0 Å². The van der Waals surface area contributed by atoms with Crippen molar-refractivity contribution < 1.29 is 19.2 Å². The average Bonchev–Trinajstić information content (AvgIpc) is 3.51. The highest BCUT2D eigenvalue weighted by Gasteiger charge is 2.36. The van der Waals surface area contributed by atoms with Crippen molar-refractivity contribution >= 4 is 56.3 Å². The molecular formula is C34H50N4O4S2. The number of primary amides is 2. The van der Waals surface area contributed by atoms with Gasteiger partial charge in [-0.1, -0.05) is 54.4 Å². The van der Waals surface area contributed by atoms with E-state index >= 15 is 0 Å². The number of amides is 4. The Hall–Kier alpha value is -2.72. The lowest BCUT2D eigenvalue weighted by Gasteiger charge is -2.36. The number of fused-ring (bicyclic) bond motifs is 2. The normalized spacial score (nSPS) is 18.3. The van der Waals surface area contributed by atoms with Gasteiger partial charge in [-0.2, -0.15) is 0 Å². The van der Waals surface area contributed by atoms with Crippen molar-refractivity contribution in [1.29, 1.82) is 0 Å². The summed E-state index contributed by atoms with van der Waals surface area (Å²) in [4.78, 5) is 52.7. The van der Waals surface area contributed by atoms with Gasteiger partial charge in [-0.05, 0) is 85.2 Å². The van der Waals surface area contributed by atoms with Crippen molar-refractivity contribution in [3.63, 3.8) is 0 Å². The summed E-state index contributed by atoms with van der Waals surface area (Å²) in [7, 11) is 0. The Balaban J connectivity index is 1.31. The van der Waals surface area contributed by atoms with Crippen molar-refractivity contribution in [2.75, 3.05) is 10.6 Å². The molecule has 0 aromatic carbocycles. The Kier molecular flexibility index (Phi) is 10.7. The number of nitrogens with two attached hydrogens (primary N) is 2. The van der Waals surface area contributed by atoms with Crippen LogP contribution in [0, 0.1) is 22.7 Å². The van der Waals surface area contributed by atoms with Gasteiger partial charge in [0.05, 0.1) is 11.1 Å². The predicted molar refractivity (Wildman–Crippen MR) is 181 cm³/mol. The molecule has 242 valence electrons. The number of unbranched alkanes of at least 4 members (excludes halogenated alkanes) is 1. The van der Waals surface area contributed by atoms with E-state index < -0.39 is 11.8 Å². The molecular weight excluding hydrogens is 593 g/mol. The van der Waals surface area contributed by atoms with E-state index in [1.54, 1.807) is 0 Å². The molecule has 0 spiro atoms. The van der Waals surface area contributed by atoms with E-state index in [2.05, 4.69) is 52.2 Å². The fourth-order valence-corrected chi connectivity index (χ4v) is 9.43. The number of rotatable bonds is 13. The topological polar surface area (TPSA) is 144 Å². The molecule has 4 rings (SSSR count). The van der Waals surface area contributed by atoms with Crippen molar-refractivity contribution in [3.8, 4) is 0 Å². The highest BCUT2D eigenvalue weighted by atomic mass is 32.1. The molecule has 0 bridgehead atoms. The van der Waals surface area contributed by atoms with Crippen LogP contribution in [0.4, 0.5) is 10.0 Å². The molecule has 2 aromatic heterocycles. The zero-order valence-electron chi connectivity index (χ0n) is 27.2. The van der Waals surface area contributed by atoms with Gasteiger partial charge in [-0.3, -0.25) is 19.2 Å². The van der Waals surface area contributed by atoms with E-state index in [4.69, 9.17) is 11.5 Å². The highest BCUT2D eigenvalue weighted by molar-refractivity contribution is 7.17. The van der Waals surface area contributed by atoms with Crippen molar-refractivity contribution in [2.45, 2.75) is 119 Å². The van der Waals surface area contributed by atoms with E-state index in [0.717, 1.165) is 72.2 Å². The van der Waals surface area contributed by atoms with Gasteiger partial charge in [0.1, 0.15) is 10.0 Å². The molecule has 8 nitrogen and oxygen atoms in total. The third kappa shape index (κ3) is 7.39. The molecule has 2 heterocycles. The van der Waals surface area contributed by atoms with Crippen LogP contribution in [0.25, 0.3) is 0 Å².